The molecule has 0 saturated heterocycles. The van der Waals surface area contributed by atoms with E-state index < -0.39 is 27.7 Å². The zero-order valence-electron chi connectivity index (χ0n) is 17.1. The van der Waals surface area contributed by atoms with Gasteiger partial charge in [0.25, 0.3) is 0 Å². The molecule has 0 aromatic carbocycles. The fourth-order valence-electron chi connectivity index (χ4n) is 2.14. The van der Waals surface area contributed by atoms with Crippen molar-refractivity contribution in [2.45, 2.75) is 109 Å². The summed E-state index contributed by atoms with van der Waals surface area (Å²) in [6, 6.07) is 1.19. The van der Waals surface area contributed by atoms with Crippen LogP contribution in [0.2, 0.25) is 30.1 Å². The van der Waals surface area contributed by atoms with Gasteiger partial charge in [0, 0.05) is 0 Å². The van der Waals surface area contributed by atoms with Crippen LogP contribution in [0.15, 0.2) is 0 Å². The molecule has 22 heavy (non-hydrogen) atoms. The molecule has 0 fully saturated rings. The van der Waals surface area contributed by atoms with Gasteiger partial charge in [-0.05, 0) is 0 Å². The zero-order chi connectivity index (χ0) is 18.0. The van der Waals surface area contributed by atoms with Crippen molar-refractivity contribution < 1.29 is 9.22 Å². The van der Waals surface area contributed by atoms with Gasteiger partial charge in [-0.3, -0.25) is 0 Å². The quantitative estimate of drug-likeness (QED) is 0.497. The Bertz CT molecular complexity index is 302. The average molecular weight is 439 g/mol. The van der Waals surface area contributed by atoms with Gasteiger partial charge in [0.2, 0.25) is 0 Å². The van der Waals surface area contributed by atoms with Crippen molar-refractivity contribution in [2.75, 3.05) is 0 Å². The first-order chi connectivity index (χ1) is 9.33. The molecule has 0 rings (SSSR count). The van der Waals surface area contributed by atoms with Crippen LogP contribution in [0.1, 0.15) is 62.3 Å². The first-order valence-electron chi connectivity index (χ1n) is 8.43. The molecule has 0 aliphatic carbocycles. The number of hydrogen-bond acceptors (Lipinski definition) is 3. The van der Waals surface area contributed by atoms with E-state index in [1.165, 1.54) is 6.04 Å². The normalized spacial score (nSPS) is 15.3. The van der Waals surface area contributed by atoms with Crippen LogP contribution in [-0.4, -0.2) is 44.5 Å². The molecule has 0 atom stereocenters. The molecular formula is C17H40O3SiSn. The van der Waals surface area contributed by atoms with Crippen LogP contribution in [0, 0.1) is 0 Å². The van der Waals surface area contributed by atoms with Gasteiger partial charge in [-0.1, -0.05) is 0 Å². The van der Waals surface area contributed by atoms with E-state index in [0.717, 1.165) is 4.44 Å². The Hall–Kier alpha value is 0.896. The molecule has 0 unspecified atom stereocenters. The van der Waals surface area contributed by atoms with Crippen LogP contribution in [0.25, 0.3) is 0 Å². The molecule has 0 saturated carbocycles. The van der Waals surface area contributed by atoms with Crippen LogP contribution in [0.3, 0.4) is 0 Å². The standard InChI is InChI=1S/C5H13Si.3C4H9O.Sn/c1-5-6(2,3)4;3*1-4(2,3)5;/h1,5H2,2-4H3;3*1-3H3;/q;3*-1;+3. The molecule has 3 nitrogen and oxygen atoms in total. The van der Waals surface area contributed by atoms with Crippen molar-refractivity contribution in [3.05, 3.63) is 0 Å². The van der Waals surface area contributed by atoms with Crippen molar-refractivity contribution >= 4 is 27.7 Å². The molecular weight excluding hydrogens is 399 g/mol. The van der Waals surface area contributed by atoms with Crippen LogP contribution >= 0.6 is 0 Å². The van der Waals surface area contributed by atoms with E-state index >= 15 is 0 Å². The summed E-state index contributed by atoms with van der Waals surface area (Å²) in [5, 5.41) is 0. The van der Waals surface area contributed by atoms with Crippen molar-refractivity contribution in [3.8, 4) is 0 Å². The third kappa shape index (κ3) is 12.3. The maximum atomic E-state index is 6.56. The van der Waals surface area contributed by atoms with E-state index in [4.69, 9.17) is 9.22 Å². The zero-order valence-corrected chi connectivity index (χ0v) is 21.0. The molecule has 0 heterocycles. The number of hydrogen-bond donors (Lipinski definition) is 0. The molecule has 0 radical (unpaired) electrons. The van der Waals surface area contributed by atoms with Gasteiger partial charge in [0.05, 0.1) is 0 Å². The van der Waals surface area contributed by atoms with Gasteiger partial charge < -0.3 is 0 Å². The topological polar surface area (TPSA) is 27.7 Å². The molecule has 0 amide bonds. The van der Waals surface area contributed by atoms with E-state index in [9.17, 15) is 0 Å². The molecule has 0 aliphatic heterocycles. The molecule has 134 valence electrons. The van der Waals surface area contributed by atoms with E-state index in [2.05, 4.69) is 82.0 Å². The summed E-state index contributed by atoms with van der Waals surface area (Å²) in [6.07, 6.45) is 0. The van der Waals surface area contributed by atoms with Gasteiger partial charge in [-0.2, -0.15) is 0 Å². The third-order valence-corrected chi connectivity index (χ3v) is 16.1. The van der Waals surface area contributed by atoms with Crippen LogP contribution < -0.4 is 0 Å². The maximum absolute atomic E-state index is 6.56. The van der Waals surface area contributed by atoms with Gasteiger partial charge in [0.15, 0.2) is 0 Å². The molecule has 0 spiro atoms. The first kappa shape index (κ1) is 22.9. The van der Waals surface area contributed by atoms with Crippen LogP contribution in [0.4, 0.5) is 0 Å². The Kier molecular flexibility index (Phi) is 7.72. The Morgan fingerprint density at radius 1 is 0.636 bits per heavy atom. The summed E-state index contributed by atoms with van der Waals surface area (Å²) in [6.45, 7) is 26.1. The summed E-state index contributed by atoms with van der Waals surface area (Å²) >= 11 is -3.68. The Labute approximate surface area is 146 Å². The average Bonchev–Trinajstić information content (AvgIpc) is 2.04. The molecule has 0 aromatic rings. The molecule has 0 N–H and O–H groups in total. The molecule has 0 aromatic heterocycles. The van der Waals surface area contributed by atoms with Gasteiger partial charge in [-0.15, -0.1) is 0 Å². The SMILES string of the molecule is CC(C)(C)[O][Sn]([CH2]C[Si](C)(C)C)([O]C(C)(C)C)[O]C(C)(C)C. The molecule has 0 bridgehead atoms. The van der Waals surface area contributed by atoms with Crippen molar-refractivity contribution in [3.63, 3.8) is 0 Å². The summed E-state index contributed by atoms with van der Waals surface area (Å²) in [4.78, 5) is 0. The van der Waals surface area contributed by atoms with E-state index in [1.54, 1.807) is 0 Å². The van der Waals surface area contributed by atoms with Gasteiger partial charge in [0.1, 0.15) is 0 Å². The first-order valence-corrected chi connectivity index (χ1v) is 17.7. The van der Waals surface area contributed by atoms with Crippen LogP contribution in [-0.2, 0) is 9.22 Å². The minimum atomic E-state index is -3.68. The summed E-state index contributed by atoms with van der Waals surface area (Å²) in [7, 11) is -1.18. The van der Waals surface area contributed by atoms with Crippen molar-refractivity contribution in [1.29, 1.82) is 0 Å². The van der Waals surface area contributed by atoms with Crippen molar-refractivity contribution in [1.82, 2.24) is 0 Å². The fourth-order valence-corrected chi connectivity index (χ4v) is 21.5. The molecule has 5 heteroatoms. The predicted octanol–water partition coefficient (Wildman–Crippen LogP) is 5.71. The Morgan fingerprint density at radius 3 is 1.09 bits per heavy atom. The number of rotatable bonds is 6. The molecule has 0 aliphatic rings. The van der Waals surface area contributed by atoms with E-state index in [1.807, 2.05) is 0 Å². The monoisotopic (exact) mass is 440 g/mol. The summed E-state index contributed by atoms with van der Waals surface area (Å²) in [5.41, 5.74) is -0.732. The Morgan fingerprint density at radius 2 is 0.909 bits per heavy atom. The Balaban J connectivity index is 5.58. The van der Waals surface area contributed by atoms with Crippen molar-refractivity contribution in [2.24, 2.45) is 0 Å². The second-order valence-corrected chi connectivity index (χ2v) is 23.1. The van der Waals surface area contributed by atoms with E-state index in [-0.39, 0.29) is 16.8 Å². The summed E-state index contributed by atoms with van der Waals surface area (Å²) in [5.74, 6) is 0. The second kappa shape index (κ2) is 7.42. The predicted molar refractivity (Wildman–Crippen MR) is 101 cm³/mol. The summed E-state index contributed by atoms with van der Waals surface area (Å²) < 4.78 is 20.7. The van der Waals surface area contributed by atoms with Gasteiger partial charge >= 0.3 is 146 Å². The third-order valence-electron chi connectivity index (χ3n) is 2.57. The van der Waals surface area contributed by atoms with E-state index in [0.29, 0.717) is 0 Å². The van der Waals surface area contributed by atoms with Gasteiger partial charge in [-0.25, -0.2) is 0 Å². The van der Waals surface area contributed by atoms with Crippen LogP contribution in [0.5, 0.6) is 0 Å². The minimum absolute atomic E-state index is 0.244. The fraction of sp³-hybridized carbons (Fsp3) is 1.00. The second-order valence-electron chi connectivity index (χ2n) is 10.4.